The minimum Gasteiger partial charge on any atom is -0.369 e. The van der Waals surface area contributed by atoms with E-state index in [2.05, 4.69) is 41.5 Å². The molecule has 128 valence electrons. The lowest BCUT2D eigenvalue weighted by atomic mass is 9.77. The van der Waals surface area contributed by atoms with Crippen LogP contribution in [0.3, 0.4) is 0 Å². The molecule has 4 bridgehead atoms. The molecule has 4 aliphatic heterocycles. The van der Waals surface area contributed by atoms with Crippen LogP contribution in [-0.2, 0) is 9.47 Å². The number of hydrogen-bond acceptors (Lipinski definition) is 2. The van der Waals surface area contributed by atoms with Crippen LogP contribution >= 0.6 is 0 Å². The molecule has 4 fully saturated rings. The molecule has 0 saturated carbocycles. The fourth-order valence-corrected chi connectivity index (χ4v) is 5.18. The van der Waals surface area contributed by atoms with E-state index >= 15 is 0 Å². The molecule has 2 heteroatoms. The maximum atomic E-state index is 6.11. The lowest BCUT2D eigenvalue weighted by Gasteiger charge is -2.28. The Morgan fingerprint density at radius 1 is 0.545 bits per heavy atom. The van der Waals surface area contributed by atoms with Gasteiger partial charge in [0.2, 0.25) is 0 Å². The van der Waals surface area contributed by atoms with Crippen molar-refractivity contribution < 1.29 is 9.47 Å². The highest BCUT2D eigenvalue weighted by molar-refractivity contribution is 5.04. The summed E-state index contributed by atoms with van der Waals surface area (Å²) in [4.78, 5) is 0. The number of hydrogen-bond donors (Lipinski definition) is 0. The first kappa shape index (κ1) is 16.8. The predicted molar refractivity (Wildman–Crippen MR) is 91.1 cm³/mol. The van der Waals surface area contributed by atoms with Gasteiger partial charge in [-0.2, -0.15) is 0 Å². The van der Waals surface area contributed by atoms with E-state index < -0.39 is 0 Å². The molecule has 2 nitrogen and oxygen atoms in total. The largest absolute Gasteiger partial charge is 0.369 e. The van der Waals surface area contributed by atoms with Gasteiger partial charge in [-0.15, -0.1) is 0 Å². The molecule has 4 saturated heterocycles. The van der Waals surface area contributed by atoms with E-state index in [1.54, 1.807) is 0 Å². The molecule has 22 heavy (non-hydrogen) atoms. The normalized spacial score (nSPS) is 49.1. The molecule has 0 aliphatic carbocycles. The summed E-state index contributed by atoms with van der Waals surface area (Å²) in [6, 6.07) is 0. The lowest BCUT2D eigenvalue weighted by molar-refractivity contribution is -0.0635. The van der Waals surface area contributed by atoms with E-state index in [-0.39, 0.29) is 22.4 Å². The molecule has 0 spiro atoms. The van der Waals surface area contributed by atoms with Crippen LogP contribution in [0, 0.1) is 11.8 Å². The first-order valence-electron chi connectivity index (χ1n) is 9.53. The topological polar surface area (TPSA) is 18.5 Å². The van der Waals surface area contributed by atoms with Gasteiger partial charge in [0.05, 0.1) is 22.4 Å². The zero-order valence-corrected chi connectivity index (χ0v) is 15.6. The van der Waals surface area contributed by atoms with Crippen molar-refractivity contribution in [3.05, 3.63) is 0 Å². The Morgan fingerprint density at radius 2 is 0.818 bits per heavy atom. The summed E-state index contributed by atoms with van der Waals surface area (Å²) >= 11 is 0. The number of fused-ring (bicyclic) bond motifs is 4. The molecule has 0 radical (unpaired) electrons. The monoisotopic (exact) mass is 308 g/mol. The maximum Gasteiger partial charge on any atom is 0.0714 e. The van der Waals surface area contributed by atoms with Gasteiger partial charge in [0.1, 0.15) is 0 Å². The average molecular weight is 309 g/mol. The third-order valence-corrected chi connectivity index (χ3v) is 7.31. The molecule has 0 aromatic carbocycles. The smallest absolute Gasteiger partial charge is 0.0714 e. The summed E-state index contributed by atoms with van der Waals surface area (Å²) < 4.78 is 12.2. The van der Waals surface area contributed by atoms with Gasteiger partial charge in [-0.1, -0.05) is 27.7 Å². The molecular formula is C20H36O2. The molecule has 0 unspecified atom stereocenters. The van der Waals surface area contributed by atoms with E-state index in [0.29, 0.717) is 11.8 Å². The van der Waals surface area contributed by atoms with Crippen LogP contribution in [0.2, 0.25) is 0 Å². The lowest BCUT2D eigenvalue weighted by Crippen LogP contribution is -2.31. The minimum absolute atomic E-state index is 0.254. The Morgan fingerprint density at radius 3 is 0.909 bits per heavy atom. The van der Waals surface area contributed by atoms with Gasteiger partial charge >= 0.3 is 0 Å². The second-order valence-electron chi connectivity index (χ2n) is 9.54. The highest BCUT2D eigenvalue weighted by Gasteiger charge is 2.55. The van der Waals surface area contributed by atoms with Gasteiger partial charge < -0.3 is 9.47 Å². The van der Waals surface area contributed by atoms with Crippen LogP contribution in [0.1, 0.15) is 92.9 Å². The summed E-state index contributed by atoms with van der Waals surface area (Å²) in [6.07, 6.45) is 10.3. The van der Waals surface area contributed by atoms with Crippen molar-refractivity contribution in [1.29, 1.82) is 0 Å². The second kappa shape index (κ2) is 5.21. The maximum absolute atomic E-state index is 6.11. The highest BCUT2D eigenvalue weighted by Crippen LogP contribution is 2.54. The van der Waals surface area contributed by atoms with Crippen LogP contribution < -0.4 is 0 Å². The Labute approximate surface area is 137 Å². The number of ether oxygens (including phenoxy) is 2. The summed E-state index contributed by atoms with van der Waals surface area (Å²) in [5.41, 5.74) is 1.05. The van der Waals surface area contributed by atoms with Crippen molar-refractivity contribution in [1.82, 2.24) is 0 Å². The minimum atomic E-state index is 0.254. The van der Waals surface area contributed by atoms with E-state index in [0.717, 1.165) is 0 Å². The van der Waals surface area contributed by atoms with Gasteiger partial charge in [0, 0.05) is 0 Å². The predicted octanol–water partition coefficient (Wildman–Crippen LogP) is 5.49. The van der Waals surface area contributed by atoms with Crippen LogP contribution in [0.15, 0.2) is 0 Å². The Bertz CT molecular complexity index is 367. The molecule has 0 amide bonds. The molecule has 0 N–H and O–H groups in total. The summed E-state index contributed by atoms with van der Waals surface area (Å²) in [6.45, 7) is 13.7. The Kier molecular flexibility index (Phi) is 3.97. The van der Waals surface area contributed by atoms with Crippen molar-refractivity contribution in [2.45, 2.75) is 115 Å². The van der Waals surface area contributed by atoms with Crippen molar-refractivity contribution in [3.63, 3.8) is 0 Å². The quantitative estimate of drug-likeness (QED) is 0.671. The molecule has 4 aliphatic rings. The van der Waals surface area contributed by atoms with E-state index in [4.69, 9.17) is 9.47 Å². The van der Waals surface area contributed by atoms with Crippen molar-refractivity contribution in [2.24, 2.45) is 11.8 Å². The molecule has 0 aromatic heterocycles. The van der Waals surface area contributed by atoms with Crippen LogP contribution in [-0.4, -0.2) is 22.4 Å². The SMILES string of the molecule is CC(C)C12CCC(C)(CC1)O2.CC(C)C12CCC(C)(CC1)O2. The second-order valence-corrected chi connectivity index (χ2v) is 9.54. The van der Waals surface area contributed by atoms with Gasteiger partial charge in [0.15, 0.2) is 0 Å². The third-order valence-electron chi connectivity index (χ3n) is 7.31. The Hall–Kier alpha value is -0.0800. The zero-order valence-electron chi connectivity index (χ0n) is 15.6. The van der Waals surface area contributed by atoms with E-state index in [9.17, 15) is 0 Å². The van der Waals surface area contributed by atoms with Crippen molar-refractivity contribution in [3.8, 4) is 0 Å². The summed E-state index contributed by atoms with van der Waals surface area (Å²) in [5, 5.41) is 0. The van der Waals surface area contributed by atoms with Crippen LogP contribution in [0.5, 0.6) is 0 Å². The van der Waals surface area contributed by atoms with Gasteiger partial charge in [-0.3, -0.25) is 0 Å². The molecular weight excluding hydrogens is 272 g/mol. The standard InChI is InChI=1S/2C10H18O/c2*1-8(2)10-6-4-9(3,11-10)5-7-10/h2*8H,4-7H2,1-3H3. The summed E-state index contributed by atoms with van der Waals surface area (Å²) in [5.74, 6) is 1.40. The molecule has 4 rings (SSSR count). The summed E-state index contributed by atoms with van der Waals surface area (Å²) in [7, 11) is 0. The van der Waals surface area contributed by atoms with Crippen LogP contribution in [0.25, 0.3) is 0 Å². The third kappa shape index (κ3) is 2.65. The first-order chi connectivity index (χ1) is 10.1. The fourth-order valence-electron chi connectivity index (χ4n) is 5.18. The molecule has 0 atom stereocenters. The molecule has 4 heterocycles. The van der Waals surface area contributed by atoms with E-state index in [1.807, 2.05) is 0 Å². The first-order valence-corrected chi connectivity index (χ1v) is 9.53. The van der Waals surface area contributed by atoms with Gasteiger partial charge in [0.25, 0.3) is 0 Å². The fraction of sp³-hybridized carbons (Fsp3) is 1.00. The zero-order chi connectivity index (χ0) is 16.2. The molecule has 0 aromatic rings. The Balaban J connectivity index is 0.000000131. The van der Waals surface area contributed by atoms with Crippen molar-refractivity contribution >= 4 is 0 Å². The average Bonchev–Trinajstić information content (AvgIpc) is 3.15. The van der Waals surface area contributed by atoms with Crippen LogP contribution in [0.4, 0.5) is 0 Å². The highest BCUT2D eigenvalue weighted by atomic mass is 16.5. The number of rotatable bonds is 2. The van der Waals surface area contributed by atoms with Crippen molar-refractivity contribution in [2.75, 3.05) is 0 Å². The van der Waals surface area contributed by atoms with Gasteiger partial charge in [-0.25, -0.2) is 0 Å². The van der Waals surface area contributed by atoms with Gasteiger partial charge in [-0.05, 0) is 77.0 Å². The van der Waals surface area contributed by atoms with E-state index in [1.165, 1.54) is 51.4 Å².